The zero-order chi connectivity index (χ0) is 22.6. The van der Waals surface area contributed by atoms with Crippen LogP contribution in [0.1, 0.15) is 30.5 Å². The summed E-state index contributed by atoms with van der Waals surface area (Å²) in [6.07, 6.45) is 3.58. The Hall–Kier alpha value is -4.05. The van der Waals surface area contributed by atoms with Crippen molar-refractivity contribution in [2.45, 2.75) is 26.2 Å². The van der Waals surface area contributed by atoms with Crippen LogP contribution in [-0.4, -0.2) is 15.0 Å². The fraction of sp³-hybridized carbons (Fsp3) is 0.138. The van der Waals surface area contributed by atoms with Gasteiger partial charge in [0.15, 0.2) is 5.65 Å². The van der Waals surface area contributed by atoms with Crippen LogP contribution in [0.2, 0.25) is 0 Å². The van der Waals surface area contributed by atoms with Crippen LogP contribution in [0.4, 0.5) is 17.1 Å². The van der Waals surface area contributed by atoms with E-state index in [0.717, 1.165) is 22.5 Å². The number of benzene rings is 3. The van der Waals surface area contributed by atoms with Gasteiger partial charge in [-0.15, -0.1) is 0 Å². The fourth-order valence-corrected chi connectivity index (χ4v) is 5.06. The largest absolute Gasteiger partial charge is 0.309 e. The highest BCUT2D eigenvalue weighted by Gasteiger charge is 2.37. The lowest BCUT2D eigenvalue weighted by Crippen LogP contribution is -2.31. The van der Waals surface area contributed by atoms with Crippen LogP contribution in [0, 0.1) is 6.92 Å². The van der Waals surface area contributed by atoms with Crippen molar-refractivity contribution in [1.82, 2.24) is 15.0 Å². The number of rotatable bonds is 2. The van der Waals surface area contributed by atoms with E-state index in [4.69, 9.17) is 4.98 Å². The fourth-order valence-electron chi connectivity index (χ4n) is 5.06. The first-order valence-corrected chi connectivity index (χ1v) is 11.2. The first-order valence-electron chi connectivity index (χ1n) is 11.2. The Kier molecular flexibility index (Phi) is 4.31. The zero-order valence-electron chi connectivity index (χ0n) is 18.9. The Bertz CT molecular complexity index is 1470. The molecule has 1 aliphatic heterocycles. The molecule has 0 aliphatic carbocycles. The van der Waals surface area contributed by atoms with Crippen LogP contribution in [0.15, 0.2) is 91.3 Å². The van der Waals surface area contributed by atoms with E-state index in [1.807, 2.05) is 18.3 Å². The standard InChI is InChI=1S/C29H24N4/c1-19-10-8-11-20(24-18-31-28-23(32-24)14-9-17-30-28)27(19)33-25-15-6-4-12-21(25)29(2,3)22-13-5-7-16-26(22)33/h4-18H,1-3H3. The highest BCUT2D eigenvalue weighted by molar-refractivity contribution is 5.93. The molecule has 6 rings (SSSR count). The molecule has 3 aromatic carbocycles. The van der Waals surface area contributed by atoms with E-state index >= 15 is 0 Å². The molecule has 4 nitrogen and oxygen atoms in total. The van der Waals surface area contributed by atoms with Crippen molar-refractivity contribution >= 4 is 28.2 Å². The van der Waals surface area contributed by atoms with Crippen molar-refractivity contribution in [3.8, 4) is 11.3 Å². The lowest BCUT2D eigenvalue weighted by molar-refractivity contribution is 0.632. The van der Waals surface area contributed by atoms with Crippen molar-refractivity contribution < 1.29 is 0 Å². The first-order chi connectivity index (χ1) is 16.1. The number of para-hydroxylation sites is 3. The number of aryl methyl sites for hydroxylation is 1. The molecule has 0 radical (unpaired) electrons. The molecule has 0 N–H and O–H groups in total. The summed E-state index contributed by atoms with van der Waals surface area (Å²) in [4.78, 5) is 16.3. The molecule has 0 saturated carbocycles. The number of nitrogens with zero attached hydrogens (tertiary/aromatic N) is 4. The maximum Gasteiger partial charge on any atom is 0.178 e. The van der Waals surface area contributed by atoms with Gasteiger partial charge in [0, 0.05) is 17.2 Å². The van der Waals surface area contributed by atoms with Crippen LogP contribution < -0.4 is 4.90 Å². The monoisotopic (exact) mass is 428 g/mol. The molecule has 0 amide bonds. The minimum atomic E-state index is -0.0963. The quantitative estimate of drug-likeness (QED) is 0.300. The van der Waals surface area contributed by atoms with Crippen molar-refractivity contribution in [3.63, 3.8) is 0 Å². The highest BCUT2D eigenvalue weighted by Crippen LogP contribution is 2.53. The van der Waals surface area contributed by atoms with Crippen LogP contribution in [0.25, 0.3) is 22.4 Å². The van der Waals surface area contributed by atoms with Gasteiger partial charge in [0.2, 0.25) is 0 Å². The van der Waals surface area contributed by atoms with E-state index < -0.39 is 0 Å². The summed E-state index contributed by atoms with van der Waals surface area (Å²) in [7, 11) is 0. The lowest BCUT2D eigenvalue weighted by Gasteiger charge is -2.43. The number of hydrogen-bond donors (Lipinski definition) is 0. The molecule has 4 heteroatoms. The topological polar surface area (TPSA) is 41.9 Å². The van der Waals surface area contributed by atoms with Crippen molar-refractivity contribution in [2.24, 2.45) is 0 Å². The van der Waals surface area contributed by atoms with Gasteiger partial charge in [-0.05, 0) is 47.9 Å². The molecule has 0 bridgehead atoms. The summed E-state index contributed by atoms with van der Waals surface area (Å²) in [6, 6.07) is 27.7. The third-order valence-corrected chi connectivity index (χ3v) is 6.69. The normalized spacial score (nSPS) is 14.1. The second-order valence-electron chi connectivity index (χ2n) is 9.07. The van der Waals surface area contributed by atoms with Gasteiger partial charge in [0.05, 0.1) is 29.0 Å². The van der Waals surface area contributed by atoms with Gasteiger partial charge in [-0.1, -0.05) is 68.4 Å². The molecule has 0 spiro atoms. The van der Waals surface area contributed by atoms with Gasteiger partial charge < -0.3 is 4.90 Å². The summed E-state index contributed by atoms with van der Waals surface area (Å²) in [5.74, 6) is 0. The van der Waals surface area contributed by atoms with Crippen molar-refractivity contribution in [3.05, 3.63) is 108 Å². The smallest absolute Gasteiger partial charge is 0.178 e. The molecule has 160 valence electrons. The first kappa shape index (κ1) is 19.6. The second kappa shape index (κ2) is 7.24. The average Bonchev–Trinajstić information content (AvgIpc) is 2.85. The summed E-state index contributed by atoms with van der Waals surface area (Å²) in [5.41, 5.74) is 10.6. The zero-order valence-corrected chi connectivity index (χ0v) is 18.9. The third kappa shape index (κ3) is 2.94. The van der Waals surface area contributed by atoms with E-state index in [9.17, 15) is 0 Å². The van der Waals surface area contributed by atoms with Crippen molar-refractivity contribution in [1.29, 1.82) is 0 Å². The van der Waals surface area contributed by atoms with Gasteiger partial charge in [0.25, 0.3) is 0 Å². The van der Waals surface area contributed by atoms with E-state index in [1.165, 1.54) is 28.1 Å². The number of aromatic nitrogens is 3. The van der Waals surface area contributed by atoms with E-state index in [0.29, 0.717) is 5.65 Å². The summed E-state index contributed by atoms with van der Waals surface area (Å²) < 4.78 is 0. The van der Waals surface area contributed by atoms with Crippen LogP contribution in [-0.2, 0) is 5.41 Å². The van der Waals surface area contributed by atoms with Crippen LogP contribution >= 0.6 is 0 Å². The van der Waals surface area contributed by atoms with E-state index in [2.05, 4.69) is 102 Å². The molecule has 2 aromatic heterocycles. The molecule has 33 heavy (non-hydrogen) atoms. The van der Waals surface area contributed by atoms with E-state index in [-0.39, 0.29) is 5.41 Å². The predicted molar refractivity (Wildman–Crippen MR) is 134 cm³/mol. The Morgan fingerprint density at radius 3 is 2.15 bits per heavy atom. The molecular formula is C29H24N4. The van der Waals surface area contributed by atoms with Gasteiger partial charge >= 0.3 is 0 Å². The number of pyridine rings is 1. The van der Waals surface area contributed by atoms with Gasteiger partial charge in [-0.3, -0.25) is 0 Å². The third-order valence-electron chi connectivity index (χ3n) is 6.69. The minimum Gasteiger partial charge on any atom is -0.309 e. The molecular weight excluding hydrogens is 404 g/mol. The molecule has 1 aliphatic rings. The predicted octanol–water partition coefficient (Wildman–Crippen LogP) is 7.11. The molecule has 5 aromatic rings. The molecule has 0 saturated heterocycles. The molecule has 3 heterocycles. The Morgan fingerprint density at radius 2 is 1.42 bits per heavy atom. The SMILES string of the molecule is Cc1cccc(-c2cnc3ncccc3n2)c1N1c2ccccc2C(C)(C)c2ccccc21. The number of fused-ring (bicyclic) bond motifs is 3. The van der Waals surface area contributed by atoms with E-state index in [1.54, 1.807) is 6.20 Å². The minimum absolute atomic E-state index is 0.0963. The Balaban J connectivity index is 1.66. The Morgan fingerprint density at radius 1 is 0.727 bits per heavy atom. The maximum atomic E-state index is 4.93. The molecule has 0 fully saturated rings. The summed E-state index contributed by atoms with van der Waals surface area (Å²) >= 11 is 0. The van der Waals surface area contributed by atoms with Crippen LogP contribution in [0.5, 0.6) is 0 Å². The summed E-state index contributed by atoms with van der Waals surface area (Å²) in [5, 5.41) is 0. The van der Waals surface area contributed by atoms with Gasteiger partial charge in [-0.2, -0.15) is 0 Å². The maximum absolute atomic E-state index is 4.93. The number of hydrogen-bond acceptors (Lipinski definition) is 4. The van der Waals surface area contributed by atoms with Crippen LogP contribution in [0.3, 0.4) is 0 Å². The van der Waals surface area contributed by atoms with Gasteiger partial charge in [0.1, 0.15) is 5.52 Å². The second-order valence-corrected chi connectivity index (χ2v) is 9.07. The molecule has 0 atom stereocenters. The lowest BCUT2D eigenvalue weighted by atomic mass is 9.73. The highest BCUT2D eigenvalue weighted by atomic mass is 15.2. The van der Waals surface area contributed by atoms with Crippen molar-refractivity contribution in [2.75, 3.05) is 4.90 Å². The number of anilines is 3. The average molecular weight is 429 g/mol. The Labute approximate surface area is 193 Å². The summed E-state index contributed by atoms with van der Waals surface area (Å²) in [6.45, 7) is 6.78. The van der Waals surface area contributed by atoms with Gasteiger partial charge in [-0.25, -0.2) is 15.0 Å². The molecule has 0 unspecified atom stereocenters.